The number of para-hydroxylation sites is 2. The fraction of sp³-hybridized carbons (Fsp3) is 0.500. The molecule has 0 aliphatic rings. The zero-order chi connectivity index (χ0) is 12.3. The number of benzene rings is 1. The van der Waals surface area contributed by atoms with E-state index < -0.39 is 0 Å². The Morgan fingerprint density at radius 1 is 1.29 bits per heavy atom. The Morgan fingerprint density at radius 3 is 2.76 bits per heavy atom. The summed E-state index contributed by atoms with van der Waals surface area (Å²) in [5, 5.41) is 0. The van der Waals surface area contributed by atoms with E-state index in [1.165, 1.54) is 0 Å². The molecule has 0 aliphatic carbocycles. The highest BCUT2D eigenvalue weighted by Gasteiger charge is 2.15. The third-order valence-corrected chi connectivity index (χ3v) is 3.26. The highest BCUT2D eigenvalue weighted by atomic mass is 14.9. The molecular weight excluding hydrogens is 210 g/mol. The molecule has 0 unspecified atom stereocenters. The van der Waals surface area contributed by atoms with Crippen LogP contribution in [0, 0.1) is 5.41 Å². The van der Waals surface area contributed by atoms with Crippen molar-refractivity contribution in [3.8, 4) is 0 Å². The van der Waals surface area contributed by atoms with Gasteiger partial charge in [0.1, 0.15) is 5.82 Å². The highest BCUT2D eigenvalue weighted by Crippen LogP contribution is 2.21. The summed E-state index contributed by atoms with van der Waals surface area (Å²) in [6.45, 7) is 5.17. The number of fused-ring (bicyclic) bond motifs is 1. The second kappa shape index (κ2) is 4.88. The van der Waals surface area contributed by atoms with E-state index in [9.17, 15) is 0 Å². The molecule has 2 rings (SSSR count). The minimum absolute atomic E-state index is 0.242. The van der Waals surface area contributed by atoms with Crippen LogP contribution in [-0.4, -0.2) is 16.5 Å². The maximum Gasteiger partial charge on any atom is 0.107 e. The van der Waals surface area contributed by atoms with Crippen molar-refractivity contribution in [1.82, 2.24) is 9.97 Å². The van der Waals surface area contributed by atoms with E-state index in [1.807, 2.05) is 18.2 Å². The van der Waals surface area contributed by atoms with Crippen LogP contribution < -0.4 is 5.73 Å². The van der Waals surface area contributed by atoms with Crippen LogP contribution in [0.2, 0.25) is 0 Å². The minimum Gasteiger partial charge on any atom is -0.342 e. The molecule has 3 heteroatoms. The summed E-state index contributed by atoms with van der Waals surface area (Å²) in [6.07, 6.45) is 3.27. The smallest absolute Gasteiger partial charge is 0.107 e. The molecule has 0 saturated heterocycles. The number of aromatic amines is 1. The standard InChI is InChI=1S/C14H21N3/c1-14(2,10-15)9-5-8-13-16-11-6-3-4-7-12(11)17-13/h3-4,6-7H,5,8-10,15H2,1-2H3,(H,16,17). The maximum atomic E-state index is 5.72. The van der Waals surface area contributed by atoms with Crippen molar-refractivity contribution >= 4 is 11.0 Å². The second-order valence-corrected chi connectivity index (χ2v) is 5.42. The summed E-state index contributed by atoms with van der Waals surface area (Å²) in [5.74, 6) is 1.08. The summed E-state index contributed by atoms with van der Waals surface area (Å²) >= 11 is 0. The van der Waals surface area contributed by atoms with Gasteiger partial charge in [0.05, 0.1) is 11.0 Å². The molecule has 0 spiro atoms. The number of aryl methyl sites for hydroxylation is 1. The molecule has 0 saturated carbocycles. The van der Waals surface area contributed by atoms with Gasteiger partial charge in [0, 0.05) is 6.42 Å². The molecule has 0 radical (unpaired) electrons. The summed E-state index contributed by atoms with van der Waals surface area (Å²) < 4.78 is 0. The number of imidazole rings is 1. The van der Waals surface area contributed by atoms with Crippen LogP contribution in [0.15, 0.2) is 24.3 Å². The first kappa shape index (κ1) is 12.1. The summed E-state index contributed by atoms with van der Waals surface area (Å²) in [5.41, 5.74) is 8.15. The topological polar surface area (TPSA) is 54.7 Å². The second-order valence-electron chi connectivity index (χ2n) is 5.42. The number of rotatable bonds is 5. The molecule has 2 aromatic rings. The van der Waals surface area contributed by atoms with Crippen LogP contribution in [0.1, 0.15) is 32.5 Å². The summed E-state index contributed by atoms with van der Waals surface area (Å²) in [6, 6.07) is 8.15. The molecule has 17 heavy (non-hydrogen) atoms. The normalized spacial score (nSPS) is 12.2. The molecule has 3 nitrogen and oxygen atoms in total. The van der Waals surface area contributed by atoms with Gasteiger partial charge < -0.3 is 10.7 Å². The highest BCUT2D eigenvalue weighted by molar-refractivity contribution is 5.74. The molecule has 1 heterocycles. The molecular formula is C14H21N3. The van der Waals surface area contributed by atoms with E-state index in [1.54, 1.807) is 0 Å². The molecule has 92 valence electrons. The lowest BCUT2D eigenvalue weighted by molar-refractivity contribution is 0.336. The fourth-order valence-corrected chi connectivity index (χ4v) is 1.96. The molecule has 1 aromatic carbocycles. The Kier molecular flexibility index (Phi) is 3.48. The third-order valence-electron chi connectivity index (χ3n) is 3.26. The van der Waals surface area contributed by atoms with Crippen LogP contribution in [0.4, 0.5) is 0 Å². The van der Waals surface area contributed by atoms with Crippen molar-refractivity contribution < 1.29 is 0 Å². The molecule has 3 N–H and O–H groups in total. The van der Waals surface area contributed by atoms with Crippen LogP contribution >= 0.6 is 0 Å². The van der Waals surface area contributed by atoms with Gasteiger partial charge in [-0.25, -0.2) is 4.98 Å². The van der Waals surface area contributed by atoms with E-state index in [0.29, 0.717) is 0 Å². The van der Waals surface area contributed by atoms with E-state index in [-0.39, 0.29) is 5.41 Å². The van der Waals surface area contributed by atoms with Crippen molar-refractivity contribution in [3.63, 3.8) is 0 Å². The minimum atomic E-state index is 0.242. The number of H-pyrrole nitrogens is 1. The molecule has 0 atom stereocenters. The number of nitrogens with zero attached hydrogens (tertiary/aromatic N) is 1. The zero-order valence-electron chi connectivity index (χ0n) is 10.7. The van der Waals surface area contributed by atoms with Gasteiger partial charge >= 0.3 is 0 Å². The Bertz CT molecular complexity index is 452. The maximum absolute atomic E-state index is 5.72. The number of hydrogen-bond acceptors (Lipinski definition) is 2. The number of aromatic nitrogens is 2. The van der Waals surface area contributed by atoms with E-state index in [2.05, 4.69) is 29.9 Å². The first-order valence-electron chi connectivity index (χ1n) is 6.24. The van der Waals surface area contributed by atoms with Crippen molar-refractivity contribution in [2.45, 2.75) is 33.1 Å². The van der Waals surface area contributed by atoms with E-state index in [0.717, 1.165) is 42.7 Å². The molecule has 1 aromatic heterocycles. The third kappa shape index (κ3) is 3.07. The van der Waals surface area contributed by atoms with Gasteiger partial charge in [0.15, 0.2) is 0 Å². The van der Waals surface area contributed by atoms with Crippen molar-refractivity contribution in [2.24, 2.45) is 11.1 Å². The lowest BCUT2D eigenvalue weighted by Crippen LogP contribution is -2.23. The van der Waals surface area contributed by atoms with Gasteiger partial charge in [0.2, 0.25) is 0 Å². The number of hydrogen-bond donors (Lipinski definition) is 2. The van der Waals surface area contributed by atoms with Gasteiger partial charge in [-0.1, -0.05) is 26.0 Å². The van der Waals surface area contributed by atoms with Gasteiger partial charge in [-0.2, -0.15) is 0 Å². The molecule has 0 amide bonds. The molecule has 0 aliphatic heterocycles. The quantitative estimate of drug-likeness (QED) is 0.831. The Morgan fingerprint density at radius 2 is 2.06 bits per heavy atom. The van der Waals surface area contributed by atoms with Gasteiger partial charge in [0.25, 0.3) is 0 Å². The largest absolute Gasteiger partial charge is 0.342 e. The van der Waals surface area contributed by atoms with E-state index in [4.69, 9.17) is 5.73 Å². The average Bonchev–Trinajstić information content (AvgIpc) is 2.71. The summed E-state index contributed by atoms with van der Waals surface area (Å²) in [4.78, 5) is 7.93. The number of nitrogens with two attached hydrogens (primary N) is 1. The first-order chi connectivity index (χ1) is 8.11. The SMILES string of the molecule is CC(C)(CN)CCCc1nc2ccccc2[nH]1. The molecule has 0 bridgehead atoms. The van der Waals surface area contributed by atoms with Crippen LogP contribution in [-0.2, 0) is 6.42 Å². The van der Waals surface area contributed by atoms with Crippen molar-refractivity contribution in [2.75, 3.05) is 6.54 Å². The lowest BCUT2D eigenvalue weighted by Gasteiger charge is -2.21. The van der Waals surface area contributed by atoms with Crippen LogP contribution in [0.25, 0.3) is 11.0 Å². The number of nitrogens with one attached hydrogen (secondary N) is 1. The fourth-order valence-electron chi connectivity index (χ4n) is 1.96. The van der Waals surface area contributed by atoms with Gasteiger partial charge in [-0.3, -0.25) is 0 Å². The van der Waals surface area contributed by atoms with Gasteiger partial charge in [-0.05, 0) is 36.9 Å². The van der Waals surface area contributed by atoms with Crippen molar-refractivity contribution in [3.05, 3.63) is 30.1 Å². The Hall–Kier alpha value is -1.35. The predicted molar refractivity (Wildman–Crippen MR) is 71.9 cm³/mol. The average molecular weight is 231 g/mol. The first-order valence-corrected chi connectivity index (χ1v) is 6.24. The van der Waals surface area contributed by atoms with Gasteiger partial charge in [-0.15, -0.1) is 0 Å². The monoisotopic (exact) mass is 231 g/mol. The Labute approximate surface area is 102 Å². The molecule has 0 fully saturated rings. The van der Waals surface area contributed by atoms with E-state index >= 15 is 0 Å². The Balaban J connectivity index is 1.95. The lowest BCUT2D eigenvalue weighted by atomic mass is 9.87. The summed E-state index contributed by atoms with van der Waals surface area (Å²) in [7, 11) is 0. The van der Waals surface area contributed by atoms with Crippen molar-refractivity contribution in [1.29, 1.82) is 0 Å². The zero-order valence-corrected chi connectivity index (χ0v) is 10.7. The predicted octanol–water partition coefficient (Wildman–Crippen LogP) is 2.87. The van der Waals surface area contributed by atoms with Crippen LogP contribution in [0.5, 0.6) is 0 Å². The van der Waals surface area contributed by atoms with Crippen LogP contribution in [0.3, 0.4) is 0 Å².